The van der Waals surface area contributed by atoms with Crippen LogP contribution in [0.25, 0.3) is 0 Å². The molecule has 0 aliphatic rings. The Morgan fingerprint density at radius 1 is 1.43 bits per heavy atom. The Bertz CT molecular complexity index is 326. The second kappa shape index (κ2) is 4.02. The molecule has 0 bridgehead atoms. The van der Waals surface area contributed by atoms with Crippen LogP contribution in [-0.2, 0) is 5.60 Å². The molecule has 0 radical (unpaired) electrons. The van der Waals surface area contributed by atoms with E-state index >= 15 is 0 Å². The monoisotopic (exact) mass is 201 g/mol. The fourth-order valence-electron chi connectivity index (χ4n) is 1.33. The minimum absolute atomic E-state index is 0.0528. The van der Waals surface area contributed by atoms with Crippen molar-refractivity contribution in [3.8, 4) is 0 Å². The van der Waals surface area contributed by atoms with Crippen molar-refractivity contribution >= 4 is 0 Å². The Kier molecular flexibility index (Phi) is 3.18. The lowest BCUT2D eigenvalue weighted by Crippen LogP contribution is -2.26. The summed E-state index contributed by atoms with van der Waals surface area (Å²) in [6.07, 6.45) is 0.188. The van der Waals surface area contributed by atoms with Gasteiger partial charge in [-0.3, -0.25) is 0 Å². The van der Waals surface area contributed by atoms with E-state index in [1.165, 1.54) is 6.92 Å². The van der Waals surface area contributed by atoms with Crippen molar-refractivity contribution in [2.75, 3.05) is 6.54 Å². The van der Waals surface area contributed by atoms with E-state index in [0.717, 1.165) is 18.2 Å². The van der Waals surface area contributed by atoms with Crippen molar-refractivity contribution in [2.24, 2.45) is 5.73 Å². The SMILES string of the molecule is CC(O)(CCN)c1cc(F)ccc1F. The maximum atomic E-state index is 13.2. The summed E-state index contributed by atoms with van der Waals surface area (Å²) in [5.74, 6) is -1.19. The van der Waals surface area contributed by atoms with Crippen LogP contribution >= 0.6 is 0 Å². The summed E-state index contributed by atoms with van der Waals surface area (Å²) in [5, 5.41) is 9.80. The summed E-state index contributed by atoms with van der Waals surface area (Å²) in [6, 6.07) is 3.00. The van der Waals surface area contributed by atoms with Gasteiger partial charge in [0.1, 0.15) is 11.6 Å². The molecular formula is C10H13F2NO. The summed E-state index contributed by atoms with van der Waals surface area (Å²) in [5.41, 5.74) is 3.80. The number of halogens is 2. The first-order chi connectivity index (χ1) is 6.47. The quantitative estimate of drug-likeness (QED) is 0.778. The van der Waals surface area contributed by atoms with E-state index in [1.54, 1.807) is 0 Å². The smallest absolute Gasteiger partial charge is 0.129 e. The van der Waals surface area contributed by atoms with Crippen LogP contribution in [0, 0.1) is 11.6 Å². The first kappa shape index (κ1) is 11.1. The predicted octanol–water partition coefficient (Wildman–Crippen LogP) is 1.52. The fourth-order valence-corrected chi connectivity index (χ4v) is 1.33. The molecule has 1 rings (SSSR count). The molecular weight excluding hydrogens is 188 g/mol. The van der Waals surface area contributed by atoms with E-state index in [0.29, 0.717) is 0 Å². The Morgan fingerprint density at radius 3 is 2.64 bits per heavy atom. The molecule has 0 amide bonds. The van der Waals surface area contributed by atoms with E-state index in [9.17, 15) is 13.9 Å². The number of hydrogen-bond donors (Lipinski definition) is 2. The summed E-state index contributed by atoms with van der Waals surface area (Å²) in [7, 11) is 0. The molecule has 78 valence electrons. The largest absolute Gasteiger partial charge is 0.385 e. The van der Waals surface area contributed by atoms with Crippen LogP contribution in [0.5, 0.6) is 0 Å². The molecule has 0 spiro atoms. The third kappa shape index (κ3) is 2.27. The topological polar surface area (TPSA) is 46.2 Å². The highest BCUT2D eigenvalue weighted by Gasteiger charge is 2.25. The van der Waals surface area contributed by atoms with Crippen LogP contribution < -0.4 is 5.73 Å². The first-order valence-electron chi connectivity index (χ1n) is 4.35. The van der Waals surface area contributed by atoms with Crippen molar-refractivity contribution in [3.63, 3.8) is 0 Å². The lowest BCUT2D eigenvalue weighted by atomic mass is 9.92. The lowest BCUT2D eigenvalue weighted by Gasteiger charge is -2.23. The van der Waals surface area contributed by atoms with E-state index in [-0.39, 0.29) is 18.5 Å². The summed E-state index contributed by atoms with van der Waals surface area (Å²) >= 11 is 0. The van der Waals surface area contributed by atoms with Gasteiger partial charge < -0.3 is 10.8 Å². The van der Waals surface area contributed by atoms with Crippen molar-refractivity contribution < 1.29 is 13.9 Å². The summed E-state index contributed by atoms with van der Waals surface area (Å²) < 4.78 is 26.0. The maximum absolute atomic E-state index is 13.2. The number of benzene rings is 1. The Labute approximate surface area is 81.4 Å². The van der Waals surface area contributed by atoms with Gasteiger partial charge in [-0.2, -0.15) is 0 Å². The van der Waals surface area contributed by atoms with Crippen LogP contribution in [0.4, 0.5) is 8.78 Å². The van der Waals surface area contributed by atoms with E-state index in [4.69, 9.17) is 5.73 Å². The molecule has 1 aromatic rings. The highest BCUT2D eigenvalue weighted by Crippen LogP contribution is 2.26. The number of rotatable bonds is 3. The van der Waals surface area contributed by atoms with Gasteiger partial charge in [-0.15, -0.1) is 0 Å². The molecule has 1 aromatic carbocycles. The highest BCUT2D eigenvalue weighted by atomic mass is 19.1. The standard InChI is InChI=1S/C10H13F2NO/c1-10(14,4-5-13)8-6-7(11)2-3-9(8)12/h2-3,6,14H,4-5,13H2,1H3. The number of aliphatic hydroxyl groups is 1. The van der Waals surface area contributed by atoms with Crippen LogP contribution in [0.1, 0.15) is 18.9 Å². The molecule has 2 nitrogen and oxygen atoms in total. The van der Waals surface area contributed by atoms with Crippen molar-refractivity contribution in [1.82, 2.24) is 0 Å². The third-order valence-electron chi connectivity index (χ3n) is 2.14. The molecule has 0 saturated carbocycles. The molecule has 3 N–H and O–H groups in total. The van der Waals surface area contributed by atoms with Gasteiger partial charge in [0.15, 0.2) is 0 Å². The van der Waals surface area contributed by atoms with Crippen LogP contribution in [0.2, 0.25) is 0 Å². The van der Waals surface area contributed by atoms with Gasteiger partial charge in [-0.25, -0.2) is 8.78 Å². The van der Waals surface area contributed by atoms with Gasteiger partial charge in [0, 0.05) is 5.56 Å². The fraction of sp³-hybridized carbons (Fsp3) is 0.400. The molecule has 0 aliphatic heterocycles. The van der Waals surface area contributed by atoms with Crippen LogP contribution in [0.3, 0.4) is 0 Å². The lowest BCUT2D eigenvalue weighted by molar-refractivity contribution is 0.0463. The second-order valence-corrected chi connectivity index (χ2v) is 3.44. The normalized spacial score (nSPS) is 15.2. The van der Waals surface area contributed by atoms with Crippen molar-refractivity contribution in [3.05, 3.63) is 35.4 Å². The molecule has 1 unspecified atom stereocenters. The highest BCUT2D eigenvalue weighted by molar-refractivity contribution is 5.24. The van der Waals surface area contributed by atoms with E-state index in [2.05, 4.69) is 0 Å². The van der Waals surface area contributed by atoms with Crippen LogP contribution in [0.15, 0.2) is 18.2 Å². The first-order valence-corrected chi connectivity index (χ1v) is 4.35. The minimum atomic E-state index is -1.42. The molecule has 0 fully saturated rings. The molecule has 4 heteroatoms. The molecule has 14 heavy (non-hydrogen) atoms. The number of nitrogens with two attached hydrogens (primary N) is 1. The zero-order valence-electron chi connectivity index (χ0n) is 7.93. The average Bonchev–Trinajstić information content (AvgIpc) is 2.09. The number of hydrogen-bond acceptors (Lipinski definition) is 2. The summed E-state index contributed by atoms with van der Waals surface area (Å²) in [6.45, 7) is 1.63. The van der Waals surface area contributed by atoms with Crippen LogP contribution in [-0.4, -0.2) is 11.7 Å². The van der Waals surface area contributed by atoms with E-state index in [1.807, 2.05) is 0 Å². The zero-order valence-corrected chi connectivity index (χ0v) is 7.93. The Hall–Kier alpha value is -1.00. The van der Waals surface area contributed by atoms with Gasteiger partial charge in [0.05, 0.1) is 5.60 Å². The van der Waals surface area contributed by atoms with E-state index < -0.39 is 17.2 Å². The predicted molar refractivity (Wildman–Crippen MR) is 49.6 cm³/mol. The summed E-state index contributed by atoms with van der Waals surface area (Å²) in [4.78, 5) is 0. The van der Waals surface area contributed by atoms with Gasteiger partial charge in [-0.1, -0.05) is 0 Å². The zero-order chi connectivity index (χ0) is 10.8. The molecule has 1 atom stereocenters. The van der Waals surface area contributed by atoms with Gasteiger partial charge >= 0.3 is 0 Å². The molecule has 0 heterocycles. The minimum Gasteiger partial charge on any atom is -0.385 e. The average molecular weight is 201 g/mol. The molecule has 0 aliphatic carbocycles. The molecule has 0 saturated heterocycles. The maximum Gasteiger partial charge on any atom is 0.129 e. The van der Waals surface area contributed by atoms with Gasteiger partial charge in [-0.05, 0) is 38.1 Å². The van der Waals surface area contributed by atoms with Crippen molar-refractivity contribution in [2.45, 2.75) is 18.9 Å². The Balaban J connectivity index is 3.10. The van der Waals surface area contributed by atoms with Gasteiger partial charge in [0.25, 0.3) is 0 Å². The molecule has 0 aromatic heterocycles. The second-order valence-electron chi connectivity index (χ2n) is 3.44. The third-order valence-corrected chi connectivity index (χ3v) is 2.14. The van der Waals surface area contributed by atoms with Gasteiger partial charge in [0.2, 0.25) is 0 Å². The van der Waals surface area contributed by atoms with Crippen molar-refractivity contribution in [1.29, 1.82) is 0 Å². The Morgan fingerprint density at radius 2 is 2.07 bits per heavy atom.